The van der Waals surface area contributed by atoms with E-state index in [0.29, 0.717) is 62.9 Å². The first-order chi connectivity index (χ1) is 34.5. The molecule has 2 aromatic heterocycles. The Morgan fingerprint density at radius 1 is 0.514 bits per heavy atom. The van der Waals surface area contributed by atoms with Crippen molar-refractivity contribution in [1.29, 1.82) is 0 Å². The fourth-order valence-electron chi connectivity index (χ4n) is 6.87. The van der Waals surface area contributed by atoms with Gasteiger partial charge in [0.15, 0.2) is 12.2 Å². The number of aliphatic carboxylic acids is 4. The summed E-state index contributed by atoms with van der Waals surface area (Å²) in [7, 11) is 3.42. The second-order valence-electron chi connectivity index (χ2n) is 16.5. The number of amides is 4. The van der Waals surface area contributed by atoms with Crippen LogP contribution >= 0.6 is 0 Å². The Hall–Kier alpha value is -7.18. The van der Waals surface area contributed by atoms with E-state index < -0.39 is 36.1 Å². The first-order valence-corrected chi connectivity index (χ1v) is 24.5. The quantitative estimate of drug-likeness (QED) is 0.0229. The molecule has 0 aliphatic carbocycles. The van der Waals surface area contributed by atoms with Crippen molar-refractivity contribution >= 4 is 47.6 Å². The van der Waals surface area contributed by atoms with E-state index in [4.69, 9.17) is 19.7 Å². The number of unbranched alkanes of at least 4 members (excludes halogenated alkanes) is 8. The first-order valence-electron chi connectivity index (χ1n) is 24.5. The van der Waals surface area contributed by atoms with Crippen molar-refractivity contribution in [3.63, 3.8) is 0 Å². The number of ether oxygens (including phenoxy) is 2. The lowest BCUT2D eigenvalue weighted by Gasteiger charge is -2.18. The van der Waals surface area contributed by atoms with E-state index >= 15 is 0 Å². The molecule has 6 N–H and O–H groups in total. The molecule has 4 aromatic rings. The molecule has 0 bridgehead atoms. The van der Waals surface area contributed by atoms with Crippen LogP contribution in [0.2, 0.25) is 0 Å². The summed E-state index contributed by atoms with van der Waals surface area (Å²) in [5, 5.41) is 40.0. The van der Waals surface area contributed by atoms with E-state index in [1.54, 1.807) is 40.1 Å². The Kier molecular flexibility index (Phi) is 29.6. The molecular formula is C54H74N6O12. The van der Waals surface area contributed by atoms with Gasteiger partial charge in [-0.1, -0.05) is 126 Å². The molecule has 2 unspecified atom stereocenters. The molecule has 4 rings (SSSR count). The SMILES string of the molecule is CCCCCCCNC(=O)N(C)c1cccc(-c2ccc(CC(OCC)C(=O)O)cc2)n1.CCCCCCCNC(=O)N(C)c1cccc(-c2ccc(CC(OCC)C(=O)O)cc2)n1.O=C(O)/C=C/C(=O)O. The summed E-state index contributed by atoms with van der Waals surface area (Å²) in [5.41, 5.74) is 5.02. The summed E-state index contributed by atoms with van der Waals surface area (Å²) in [4.78, 5) is 78.9. The molecule has 0 spiro atoms. The number of carboxylic acid groups (broad SMARTS) is 4. The molecule has 392 valence electrons. The molecule has 2 atom stereocenters. The van der Waals surface area contributed by atoms with Gasteiger partial charge in [-0.05, 0) is 62.1 Å². The van der Waals surface area contributed by atoms with Gasteiger partial charge in [-0.15, -0.1) is 0 Å². The number of urea groups is 2. The molecule has 2 heterocycles. The highest BCUT2D eigenvalue weighted by Gasteiger charge is 2.20. The minimum absolute atomic E-state index is 0.170. The molecule has 18 heteroatoms. The molecule has 0 aliphatic heterocycles. The summed E-state index contributed by atoms with van der Waals surface area (Å²) < 4.78 is 10.6. The highest BCUT2D eigenvalue weighted by atomic mass is 16.5. The molecule has 18 nitrogen and oxygen atoms in total. The third-order valence-corrected chi connectivity index (χ3v) is 10.9. The van der Waals surface area contributed by atoms with Gasteiger partial charge in [0.25, 0.3) is 0 Å². The number of hydrogen-bond donors (Lipinski definition) is 6. The maximum Gasteiger partial charge on any atom is 0.333 e. The van der Waals surface area contributed by atoms with Crippen molar-refractivity contribution in [3.8, 4) is 22.5 Å². The average Bonchev–Trinajstić information content (AvgIpc) is 3.37. The fourth-order valence-corrected chi connectivity index (χ4v) is 6.87. The van der Waals surface area contributed by atoms with Crippen LogP contribution in [0.4, 0.5) is 21.2 Å². The number of nitrogens with one attached hydrogen (secondary N) is 2. The Labute approximate surface area is 423 Å². The van der Waals surface area contributed by atoms with Gasteiger partial charge in [0.1, 0.15) is 11.6 Å². The number of carbonyl (C=O) groups excluding carboxylic acids is 2. The van der Waals surface area contributed by atoms with Crippen molar-refractivity contribution in [1.82, 2.24) is 20.6 Å². The fraction of sp³-hybridized carbons (Fsp3) is 0.444. The maximum atomic E-state index is 12.5. The summed E-state index contributed by atoms with van der Waals surface area (Å²) >= 11 is 0. The predicted octanol–water partition coefficient (Wildman–Crippen LogP) is 9.51. The second kappa shape index (κ2) is 35.0. The van der Waals surface area contributed by atoms with Crippen LogP contribution in [-0.2, 0) is 41.5 Å². The van der Waals surface area contributed by atoms with Gasteiger partial charge in [-0.3, -0.25) is 9.80 Å². The average molecular weight is 999 g/mol. The number of rotatable bonds is 28. The zero-order valence-electron chi connectivity index (χ0n) is 42.5. The number of pyridine rings is 2. The van der Waals surface area contributed by atoms with Crippen molar-refractivity contribution in [2.24, 2.45) is 0 Å². The minimum atomic E-state index is -1.26. The van der Waals surface area contributed by atoms with Crippen LogP contribution in [0, 0.1) is 0 Å². The van der Waals surface area contributed by atoms with Gasteiger partial charge in [0.2, 0.25) is 0 Å². The molecule has 4 amide bonds. The minimum Gasteiger partial charge on any atom is -0.479 e. The molecule has 0 radical (unpaired) electrons. The summed E-state index contributed by atoms with van der Waals surface area (Å²) in [6.45, 7) is 9.95. The number of carbonyl (C=O) groups is 6. The number of nitrogens with zero attached hydrogens (tertiary/aromatic N) is 4. The van der Waals surface area contributed by atoms with Crippen molar-refractivity contribution in [2.75, 3.05) is 50.2 Å². The monoisotopic (exact) mass is 999 g/mol. The molecule has 0 saturated heterocycles. The van der Waals surface area contributed by atoms with Gasteiger partial charge < -0.3 is 40.5 Å². The Balaban J connectivity index is 0.000000428. The van der Waals surface area contributed by atoms with E-state index in [-0.39, 0.29) is 12.1 Å². The van der Waals surface area contributed by atoms with Gasteiger partial charge in [-0.25, -0.2) is 38.7 Å². The molecular weight excluding hydrogens is 925 g/mol. The lowest BCUT2D eigenvalue weighted by molar-refractivity contribution is -0.150. The normalized spacial score (nSPS) is 11.5. The number of hydrogen-bond acceptors (Lipinski definition) is 10. The Bertz CT molecular complexity index is 2130. The number of benzene rings is 2. The molecule has 72 heavy (non-hydrogen) atoms. The number of carboxylic acids is 4. The van der Waals surface area contributed by atoms with E-state index in [9.17, 15) is 39.0 Å². The molecule has 0 saturated carbocycles. The highest BCUT2D eigenvalue weighted by molar-refractivity contribution is 5.91. The van der Waals surface area contributed by atoms with Crippen LogP contribution in [0.1, 0.15) is 103 Å². The Morgan fingerprint density at radius 3 is 1.17 bits per heavy atom. The lowest BCUT2D eigenvalue weighted by Crippen LogP contribution is -2.38. The van der Waals surface area contributed by atoms with Crippen molar-refractivity contribution in [3.05, 3.63) is 108 Å². The van der Waals surface area contributed by atoms with Crippen LogP contribution in [0.25, 0.3) is 22.5 Å². The van der Waals surface area contributed by atoms with Crippen molar-refractivity contribution < 1.29 is 58.7 Å². The van der Waals surface area contributed by atoms with Gasteiger partial charge >= 0.3 is 35.9 Å². The second-order valence-corrected chi connectivity index (χ2v) is 16.5. The van der Waals surface area contributed by atoms with Gasteiger partial charge in [-0.2, -0.15) is 0 Å². The standard InChI is InChI=1S/2C25H35N3O4.C4H4O4/c2*1-4-6-7-8-9-17-26-25(31)28(3)23-12-10-11-21(27-23)20-15-13-19(14-16-20)18-22(24(29)30)32-5-2;5-3(6)1-2-4(7)8/h2*10-16,22H,4-9,17-18H2,1-3H3,(H,26,31)(H,29,30);1-2H,(H,5,6)(H,7,8)/b;;2-1+. The zero-order chi connectivity index (χ0) is 53.3. The predicted molar refractivity (Wildman–Crippen MR) is 278 cm³/mol. The maximum absolute atomic E-state index is 12.5. The van der Waals surface area contributed by atoms with E-state index in [1.807, 2.05) is 72.8 Å². The zero-order valence-corrected chi connectivity index (χ0v) is 42.5. The summed E-state index contributed by atoms with van der Waals surface area (Å²) in [5.74, 6) is -3.31. The lowest BCUT2D eigenvalue weighted by atomic mass is 10.0. The van der Waals surface area contributed by atoms with E-state index in [0.717, 1.165) is 59.3 Å². The van der Waals surface area contributed by atoms with Crippen LogP contribution in [-0.4, -0.2) is 119 Å². The third kappa shape index (κ3) is 24.1. The van der Waals surface area contributed by atoms with E-state index in [1.165, 1.54) is 48.3 Å². The first kappa shape index (κ1) is 60.9. The smallest absolute Gasteiger partial charge is 0.333 e. The van der Waals surface area contributed by atoms with Crippen LogP contribution in [0.15, 0.2) is 97.1 Å². The van der Waals surface area contributed by atoms with Crippen LogP contribution in [0.5, 0.6) is 0 Å². The summed E-state index contributed by atoms with van der Waals surface area (Å²) in [6.07, 6.45) is 11.5. The van der Waals surface area contributed by atoms with Crippen LogP contribution in [0.3, 0.4) is 0 Å². The van der Waals surface area contributed by atoms with E-state index in [2.05, 4.69) is 34.4 Å². The number of anilines is 2. The van der Waals surface area contributed by atoms with Gasteiger partial charge in [0, 0.05) is 76.5 Å². The summed E-state index contributed by atoms with van der Waals surface area (Å²) in [6, 6.07) is 25.9. The largest absolute Gasteiger partial charge is 0.479 e. The molecule has 2 aromatic carbocycles. The molecule has 0 aliphatic rings. The number of aromatic nitrogens is 2. The van der Waals surface area contributed by atoms with Crippen molar-refractivity contribution in [2.45, 2.75) is 117 Å². The third-order valence-electron chi connectivity index (χ3n) is 10.9. The topological polar surface area (TPSA) is 258 Å². The Morgan fingerprint density at radius 2 is 0.861 bits per heavy atom. The van der Waals surface area contributed by atoms with Crippen LogP contribution < -0.4 is 20.4 Å². The molecule has 0 fully saturated rings. The van der Waals surface area contributed by atoms with Gasteiger partial charge in [0.05, 0.1) is 11.4 Å². The highest BCUT2D eigenvalue weighted by Crippen LogP contribution is 2.23.